The first-order valence-electron chi connectivity index (χ1n) is 11.5. The van der Waals surface area contributed by atoms with Crippen molar-refractivity contribution in [2.24, 2.45) is 5.92 Å². The second-order valence-electron chi connectivity index (χ2n) is 8.98. The van der Waals surface area contributed by atoms with Crippen molar-refractivity contribution in [2.75, 3.05) is 49.1 Å². The van der Waals surface area contributed by atoms with Crippen LogP contribution in [0.4, 0.5) is 11.5 Å². The van der Waals surface area contributed by atoms with E-state index in [9.17, 15) is 9.59 Å². The molecule has 2 unspecified atom stereocenters. The summed E-state index contributed by atoms with van der Waals surface area (Å²) in [5.74, 6) is 0.171. The lowest BCUT2D eigenvalue weighted by molar-refractivity contribution is -0.132. The molecule has 0 saturated carbocycles. The second-order valence-corrected chi connectivity index (χ2v) is 8.98. The smallest absolute Gasteiger partial charge is 0.239 e. The van der Waals surface area contributed by atoms with Gasteiger partial charge in [0.2, 0.25) is 11.8 Å². The number of carbonyl (C=O) groups is 2. The van der Waals surface area contributed by atoms with Crippen molar-refractivity contribution >= 4 is 23.3 Å². The molecule has 0 bridgehead atoms. The van der Waals surface area contributed by atoms with Gasteiger partial charge < -0.3 is 15.1 Å². The van der Waals surface area contributed by atoms with Crippen LogP contribution >= 0.6 is 0 Å². The number of aryl methyl sites for hydroxylation is 2. The molecule has 7 heteroatoms. The molecule has 2 fully saturated rings. The highest BCUT2D eigenvalue weighted by molar-refractivity contribution is 6.09. The first kappa shape index (κ1) is 22.3. The number of carbonyl (C=O) groups excluding carboxylic acids is 2. The summed E-state index contributed by atoms with van der Waals surface area (Å²) in [6.45, 7) is 11.2. The summed E-state index contributed by atoms with van der Waals surface area (Å²) < 4.78 is 0. The molecule has 2 aliphatic heterocycles. The van der Waals surface area contributed by atoms with Crippen LogP contribution < -0.4 is 15.1 Å². The van der Waals surface area contributed by atoms with E-state index in [4.69, 9.17) is 0 Å². The monoisotopic (exact) mass is 435 g/mol. The normalized spacial score (nSPS) is 20.5. The summed E-state index contributed by atoms with van der Waals surface area (Å²) in [5, 5.41) is 3.08. The number of hydrogen-bond donors (Lipinski definition) is 1. The van der Waals surface area contributed by atoms with Gasteiger partial charge in [0, 0.05) is 57.2 Å². The van der Waals surface area contributed by atoms with E-state index in [0.29, 0.717) is 13.0 Å². The van der Waals surface area contributed by atoms with E-state index in [1.165, 1.54) is 5.56 Å². The molecular formula is C25H33N5O2. The fourth-order valence-corrected chi connectivity index (χ4v) is 4.55. The Labute approximate surface area is 190 Å². The number of hydrogen-bond acceptors (Lipinski definition) is 5. The Kier molecular flexibility index (Phi) is 6.74. The number of piperazine rings is 1. The molecule has 0 aliphatic carbocycles. The van der Waals surface area contributed by atoms with Gasteiger partial charge in [-0.2, -0.15) is 0 Å². The molecule has 0 spiro atoms. The number of rotatable bonds is 6. The summed E-state index contributed by atoms with van der Waals surface area (Å²) in [6, 6.07) is 12.0. The zero-order valence-electron chi connectivity index (χ0n) is 19.3. The molecule has 2 amide bonds. The summed E-state index contributed by atoms with van der Waals surface area (Å²) in [7, 11) is 0. The van der Waals surface area contributed by atoms with Crippen LogP contribution in [0.25, 0.3) is 0 Å². The Morgan fingerprint density at radius 2 is 1.88 bits per heavy atom. The zero-order valence-corrected chi connectivity index (χ0v) is 19.3. The quantitative estimate of drug-likeness (QED) is 0.706. The van der Waals surface area contributed by atoms with Gasteiger partial charge in [0.25, 0.3) is 0 Å². The fourth-order valence-electron chi connectivity index (χ4n) is 4.55. The van der Waals surface area contributed by atoms with Gasteiger partial charge in [-0.1, -0.05) is 12.1 Å². The van der Waals surface area contributed by atoms with Gasteiger partial charge in [0.05, 0.1) is 0 Å². The third-order valence-corrected chi connectivity index (χ3v) is 6.59. The van der Waals surface area contributed by atoms with Crippen LogP contribution in [0.1, 0.15) is 24.5 Å². The van der Waals surface area contributed by atoms with E-state index in [0.717, 1.165) is 49.8 Å². The molecule has 2 saturated heterocycles. The van der Waals surface area contributed by atoms with Crippen molar-refractivity contribution in [3.63, 3.8) is 0 Å². The minimum Gasteiger partial charge on any atom is -0.354 e. The first-order valence-corrected chi connectivity index (χ1v) is 11.5. The average molecular weight is 436 g/mol. The van der Waals surface area contributed by atoms with Gasteiger partial charge in [0.1, 0.15) is 11.7 Å². The number of nitrogens with one attached hydrogen (secondary N) is 1. The standard InChI is InChI=1S/C25H33N5O2/c1-18-7-8-21(16-19(18)2)30-11-9-22(25(30)32)24(31)27-20(3)17-28-12-14-29(15-13-28)23-6-4-5-10-26-23/h4-8,10,16,20,22H,9,11-15,17H2,1-3H3,(H,27,31). The summed E-state index contributed by atoms with van der Waals surface area (Å²) in [5.41, 5.74) is 3.23. The highest BCUT2D eigenvalue weighted by Gasteiger charge is 2.38. The Balaban J connectivity index is 1.26. The topological polar surface area (TPSA) is 68.8 Å². The van der Waals surface area contributed by atoms with Gasteiger partial charge >= 0.3 is 0 Å². The largest absolute Gasteiger partial charge is 0.354 e. The Hall–Kier alpha value is -2.93. The van der Waals surface area contributed by atoms with E-state index in [-0.39, 0.29) is 17.9 Å². The number of benzene rings is 1. The Morgan fingerprint density at radius 3 is 2.56 bits per heavy atom. The van der Waals surface area contributed by atoms with Gasteiger partial charge in [-0.05, 0) is 62.6 Å². The average Bonchev–Trinajstić information content (AvgIpc) is 3.18. The SMILES string of the molecule is Cc1ccc(N2CCC(C(=O)NC(C)CN3CCN(c4ccccn4)CC3)C2=O)cc1C. The third kappa shape index (κ3) is 4.93. The van der Waals surface area contributed by atoms with Crippen molar-refractivity contribution in [3.8, 4) is 0 Å². The van der Waals surface area contributed by atoms with Crippen LogP contribution in [0.5, 0.6) is 0 Å². The molecule has 1 aromatic heterocycles. The van der Waals surface area contributed by atoms with Crippen LogP contribution in [-0.2, 0) is 9.59 Å². The van der Waals surface area contributed by atoms with Crippen LogP contribution in [0, 0.1) is 19.8 Å². The summed E-state index contributed by atoms with van der Waals surface area (Å²) in [6.07, 6.45) is 2.39. The molecule has 4 rings (SSSR count). The predicted octanol–water partition coefficient (Wildman–Crippen LogP) is 2.38. The van der Waals surface area contributed by atoms with Crippen molar-refractivity contribution in [1.82, 2.24) is 15.2 Å². The third-order valence-electron chi connectivity index (χ3n) is 6.59. The summed E-state index contributed by atoms with van der Waals surface area (Å²) >= 11 is 0. The lowest BCUT2D eigenvalue weighted by Gasteiger charge is -2.36. The van der Waals surface area contributed by atoms with Crippen molar-refractivity contribution in [1.29, 1.82) is 0 Å². The molecular weight excluding hydrogens is 402 g/mol. The highest BCUT2D eigenvalue weighted by atomic mass is 16.2. The van der Waals surface area contributed by atoms with Crippen molar-refractivity contribution in [2.45, 2.75) is 33.2 Å². The lowest BCUT2D eigenvalue weighted by atomic mass is 10.1. The molecule has 2 atom stereocenters. The van der Waals surface area contributed by atoms with Crippen molar-refractivity contribution < 1.29 is 9.59 Å². The van der Waals surface area contributed by atoms with Crippen LogP contribution in [0.3, 0.4) is 0 Å². The molecule has 0 radical (unpaired) electrons. The molecule has 7 nitrogen and oxygen atoms in total. The van der Waals surface area contributed by atoms with E-state index in [2.05, 4.69) is 27.0 Å². The Morgan fingerprint density at radius 1 is 1.09 bits per heavy atom. The lowest BCUT2D eigenvalue weighted by Crippen LogP contribution is -2.51. The highest BCUT2D eigenvalue weighted by Crippen LogP contribution is 2.27. The molecule has 2 aliphatic rings. The van der Waals surface area contributed by atoms with Gasteiger partial charge in [-0.25, -0.2) is 4.98 Å². The molecule has 1 N–H and O–H groups in total. The minimum atomic E-state index is -0.597. The second kappa shape index (κ2) is 9.69. The van der Waals surface area contributed by atoms with Crippen LogP contribution in [-0.4, -0.2) is 67.0 Å². The predicted molar refractivity (Wildman–Crippen MR) is 127 cm³/mol. The molecule has 1 aromatic carbocycles. The van der Waals surface area contributed by atoms with Crippen molar-refractivity contribution in [3.05, 3.63) is 53.7 Å². The number of amides is 2. The first-order chi connectivity index (χ1) is 15.4. The fraction of sp³-hybridized carbons (Fsp3) is 0.480. The van der Waals surface area contributed by atoms with Crippen LogP contribution in [0.2, 0.25) is 0 Å². The number of nitrogens with zero attached hydrogens (tertiary/aromatic N) is 4. The maximum Gasteiger partial charge on any atom is 0.239 e. The zero-order chi connectivity index (χ0) is 22.7. The maximum atomic E-state index is 12.9. The van der Waals surface area contributed by atoms with E-state index in [1.54, 1.807) is 4.90 Å². The van der Waals surface area contributed by atoms with Gasteiger partial charge in [-0.15, -0.1) is 0 Å². The van der Waals surface area contributed by atoms with E-state index in [1.807, 2.05) is 56.4 Å². The van der Waals surface area contributed by atoms with E-state index < -0.39 is 5.92 Å². The van der Waals surface area contributed by atoms with Gasteiger partial charge in [-0.3, -0.25) is 14.5 Å². The number of aromatic nitrogens is 1. The van der Waals surface area contributed by atoms with E-state index >= 15 is 0 Å². The minimum absolute atomic E-state index is 0.00707. The molecule has 170 valence electrons. The molecule has 2 aromatic rings. The Bertz CT molecular complexity index is 956. The van der Waals surface area contributed by atoms with Gasteiger partial charge in [0.15, 0.2) is 0 Å². The molecule has 3 heterocycles. The summed E-state index contributed by atoms with van der Waals surface area (Å²) in [4.78, 5) is 36.6. The van der Waals surface area contributed by atoms with Crippen LogP contribution in [0.15, 0.2) is 42.6 Å². The maximum absolute atomic E-state index is 12.9. The number of anilines is 2. The number of pyridine rings is 1. The molecule has 32 heavy (non-hydrogen) atoms.